The number of hydrogen-bond acceptors (Lipinski definition) is 5. The van der Waals surface area contributed by atoms with Gasteiger partial charge in [-0.1, -0.05) is 13.3 Å². The second-order valence-corrected chi connectivity index (χ2v) is 5.05. The number of esters is 1. The number of rotatable bonds is 6. The van der Waals surface area contributed by atoms with E-state index in [1.54, 1.807) is 6.92 Å². The van der Waals surface area contributed by atoms with Crippen LogP contribution >= 0.6 is 0 Å². The van der Waals surface area contributed by atoms with Gasteiger partial charge >= 0.3 is 12.1 Å². The zero-order valence-electron chi connectivity index (χ0n) is 12.7. The molecular weight excluding hydrogens is 276 g/mol. The third-order valence-corrected chi connectivity index (χ3v) is 3.51. The Labute approximate surface area is 124 Å². The Morgan fingerprint density at radius 1 is 1.24 bits per heavy atom. The van der Waals surface area contributed by atoms with Crippen molar-refractivity contribution in [1.82, 2.24) is 4.90 Å². The van der Waals surface area contributed by atoms with Gasteiger partial charge in [0.05, 0.1) is 19.1 Å². The minimum absolute atomic E-state index is 0.192. The number of carbonyl (C=O) groups excluding carboxylic acids is 3. The van der Waals surface area contributed by atoms with Crippen LogP contribution in [-0.4, -0.2) is 48.7 Å². The summed E-state index contributed by atoms with van der Waals surface area (Å²) >= 11 is 0. The maximum Gasteiger partial charge on any atom is 0.410 e. The van der Waals surface area contributed by atoms with E-state index in [2.05, 4.69) is 0 Å². The van der Waals surface area contributed by atoms with E-state index in [1.165, 1.54) is 4.90 Å². The van der Waals surface area contributed by atoms with E-state index in [0.29, 0.717) is 19.6 Å². The summed E-state index contributed by atoms with van der Waals surface area (Å²) in [6.07, 6.45) is 1.78. The number of piperidine rings is 1. The van der Waals surface area contributed by atoms with Gasteiger partial charge in [-0.15, -0.1) is 0 Å². The van der Waals surface area contributed by atoms with E-state index in [4.69, 9.17) is 15.2 Å². The average Bonchev–Trinajstić information content (AvgIpc) is 2.47. The molecule has 2 unspecified atom stereocenters. The molecule has 0 aromatic carbocycles. The van der Waals surface area contributed by atoms with Crippen molar-refractivity contribution in [2.24, 2.45) is 11.7 Å². The summed E-state index contributed by atoms with van der Waals surface area (Å²) < 4.78 is 10.1. The smallest absolute Gasteiger partial charge is 0.410 e. The lowest BCUT2D eigenvalue weighted by atomic mass is 9.91. The summed E-state index contributed by atoms with van der Waals surface area (Å²) in [7, 11) is 0. The van der Waals surface area contributed by atoms with E-state index in [9.17, 15) is 14.4 Å². The fraction of sp³-hybridized carbons (Fsp3) is 0.786. The Hall–Kier alpha value is -1.79. The van der Waals surface area contributed by atoms with Crippen molar-refractivity contribution in [1.29, 1.82) is 0 Å². The number of nitrogens with zero attached hydrogens (tertiary/aromatic N) is 1. The number of unbranched alkanes of at least 4 members (excludes halogenated alkanes) is 1. The van der Waals surface area contributed by atoms with Gasteiger partial charge in [0.25, 0.3) is 0 Å². The second-order valence-electron chi connectivity index (χ2n) is 5.05. The molecule has 2 amide bonds. The Morgan fingerprint density at radius 3 is 2.52 bits per heavy atom. The first-order valence-electron chi connectivity index (χ1n) is 7.40. The van der Waals surface area contributed by atoms with Crippen LogP contribution in [0.3, 0.4) is 0 Å². The highest BCUT2D eigenvalue weighted by Crippen LogP contribution is 2.24. The third kappa shape index (κ3) is 4.91. The van der Waals surface area contributed by atoms with Crippen LogP contribution in [0, 0.1) is 5.92 Å². The quantitative estimate of drug-likeness (QED) is 0.584. The van der Waals surface area contributed by atoms with Gasteiger partial charge in [0.1, 0.15) is 6.04 Å². The van der Waals surface area contributed by atoms with Gasteiger partial charge in [0, 0.05) is 6.54 Å². The van der Waals surface area contributed by atoms with Crippen molar-refractivity contribution in [3.63, 3.8) is 0 Å². The van der Waals surface area contributed by atoms with E-state index >= 15 is 0 Å². The number of hydrogen-bond donors (Lipinski definition) is 1. The molecular formula is C14H24N2O5. The number of carbonyl (C=O) groups is 3. The van der Waals surface area contributed by atoms with Crippen molar-refractivity contribution in [2.75, 3.05) is 19.8 Å². The predicted molar refractivity (Wildman–Crippen MR) is 75.3 cm³/mol. The Balaban J connectivity index is 2.64. The third-order valence-electron chi connectivity index (χ3n) is 3.51. The van der Waals surface area contributed by atoms with Crippen LogP contribution in [0.1, 0.15) is 39.5 Å². The molecule has 0 aliphatic carbocycles. The molecule has 0 spiro atoms. The molecule has 7 nitrogen and oxygen atoms in total. The SMILES string of the molecule is CCCCOC(=O)N1CCC(C(=O)OCC)CC1C(N)=O. The molecule has 1 heterocycles. The first-order valence-corrected chi connectivity index (χ1v) is 7.40. The van der Waals surface area contributed by atoms with Crippen molar-refractivity contribution in [3.8, 4) is 0 Å². The first kappa shape index (κ1) is 17.3. The molecule has 1 rings (SSSR count). The average molecular weight is 300 g/mol. The maximum absolute atomic E-state index is 12.0. The van der Waals surface area contributed by atoms with Gasteiger partial charge in [-0.2, -0.15) is 0 Å². The van der Waals surface area contributed by atoms with Crippen molar-refractivity contribution < 1.29 is 23.9 Å². The number of ether oxygens (including phenoxy) is 2. The minimum atomic E-state index is -0.817. The van der Waals surface area contributed by atoms with Gasteiger partial charge in [-0.25, -0.2) is 4.79 Å². The zero-order chi connectivity index (χ0) is 15.8. The standard InChI is InChI=1S/C14H24N2O5/c1-3-5-8-21-14(19)16-7-6-10(13(18)20-4-2)9-11(16)12(15)17/h10-11H,3-9H2,1-2H3,(H2,15,17). The molecule has 1 aliphatic heterocycles. The van der Waals surface area contributed by atoms with Gasteiger partial charge in [0.2, 0.25) is 5.91 Å². The monoisotopic (exact) mass is 300 g/mol. The number of primary amides is 1. The number of amides is 2. The summed E-state index contributed by atoms with van der Waals surface area (Å²) in [5, 5.41) is 0. The highest BCUT2D eigenvalue weighted by molar-refractivity contribution is 5.85. The lowest BCUT2D eigenvalue weighted by Gasteiger charge is -2.36. The molecule has 1 saturated heterocycles. The summed E-state index contributed by atoms with van der Waals surface area (Å²) in [5.41, 5.74) is 5.35. The summed E-state index contributed by atoms with van der Waals surface area (Å²) in [6, 6.07) is -0.817. The Kier molecular flexibility index (Phi) is 6.98. The molecule has 0 aromatic heterocycles. The number of likely N-dealkylation sites (tertiary alicyclic amines) is 1. The van der Waals surface area contributed by atoms with Gasteiger partial charge < -0.3 is 15.2 Å². The number of nitrogens with two attached hydrogens (primary N) is 1. The summed E-state index contributed by atoms with van der Waals surface area (Å²) in [6.45, 7) is 4.59. The van der Waals surface area contributed by atoms with Crippen LogP contribution in [0.2, 0.25) is 0 Å². The maximum atomic E-state index is 12.0. The molecule has 0 aromatic rings. The van der Waals surface area contributed by atoms with Crippen LogP contribution in [0.4, 0.5) is 4.79 Å². The Morgan fingerprint density at radius 2 is 1.95 bits per heavy atom. The molecule has 1 aliphatic rings. The molecule has 2 N–H and O–H groups in total. The fourth-order valence-electron chi connectivity index (χ4n) is 2.31. The van der Waals surface area contributed by atoms with Crippen molar-refractivity contribution in [2.45, 2.75) is 45.6 Å². The fourth-order valence-corrected chi connectivity index (χ4v) is 2.31. The van der Waals surface area contributed by atoms with Crippen LogP contribution in [0.5, 0.6) is 0 Å². The highest BCUT2D eigenvalue weighted by Gasteiger charge is 2.39. The molecule has 0 saturated carbocycles. The predicted octanol–water partition coefficient (Wildman–Crippen LogP) is 1.05. The van der Waals surface area contributed by atoms with Gasteiger partial charge in [-0.3, -0.25) is 14.5 Å². The van der Waals surface area contributed by atoms with Crippen LogP contribution < -0.4 is 5.73 Å². The van der Waals surface area contributed by atoms with Crippen molar-refractivity contribution >= 4 is 18.0 Å². The van der Waals surface area contributed by atoms with E-state index in [-0.39, 0.29) is 18.9 Å². The van der Waals surface area contributed by atoms with Crippen molar-refractivity contribution in [3.05, 3.63) is 0 Å². The van der Waals surface area contributed by atoms with Crippen LogP contribution in [-0.2, 0) is 19.1 Å². The largest absolute Gasteiger partial charge is 0.466 e. The molecule has 7 heteroatoms. The zero-order valence-corrected chi connectivity index (χ0v) is 12.7. The van der Waals surface area contributed by atoms with Crippen LogP contribution in [0.15, 0.2) is 0 Å². The highest BCUT2D eigenvalue weighted by atomic mass is 16.6. The molecule has 0 bridgehead atoms. The van der Waals surface area contributed by atoms with E-state index in [0.717, 1.165) is 12.8 Å². The topological polar surface area (TPSA) is 98.9 Å². The molecule has 120 valence electrons. The molecule has 21 heavy (non-hydrogen) atoms. The second kappa shape index (κ2) is 8.49. The first-order chi connectivity index (χ1) is 10.0. The summed E-state index contributed by atoms with van der Waals surface area (Å²) in [5.74, 6) is -1.37. The lowest BCUT2D eigenvalue weighted by Crippen LogP contribution is -2.53. The molecule has 0 radical (unpaired) electrons. The summed E-state index contributed by atoms with van der Waals surface area (Å²) in [4.78, 5) is 36.6. The molecule has 1 fully saturated rings. The van der Waals surface area contributed by atoms with Gasteiger partial charge in [-0.05, 0) is 26.2 Å². The van der Waals surface area contributed by atoms with E-state index in [1.807, 2.05) is 6.92 Å². The van der Waals surface area contributed by atoms with E-state index < -0.39 is 24.0 Å². The van der Waals surface area contributed by atoms with Crippen LogP contribution in [0.25, 0.3) is 0 Å². The minimum Gasteiger partial charge on any atom is -0.466 e. The lowest BCUT2D eigenvalue weighted by molar-refractivity contribution is -0.150. The molecule has 2 atom stereocenters. The normalized spacial score (nSPS) is 21.7. The Bertz CT molecular complexity index is 386. The van der Waals surface area contributed by atoms with Gasteiger partial charge in [0.15, 0.2) is 0 Å².